The number of nitrogens with one attached hydrogen (secondary N) is 2. The van der Waals surface area contributed by atoms with Crippen LogP contribution < -0.4 is 10.9 Å². The first-order valence-electron chi connectivity index (χ1n) is 3.72. The van der Waals surface area contributed by atoms with E-state index in [0.29, 0.717) is 0 Å². The molecular formula is C7H6ClN3O4. The van der Waals surface area contributed by atoms with Crippen molar-refractivity contribution in [3.63, 3.8) is 0 Å². The van der Waals surface area contributed by atoms with Gasteiger partial charge in [0.2, 0.25) is 5.91 Å². The fraction of sp³-hybridized carbons (Fsp3) is 0.143. The molecule has 1 rings (SSSR count). The van der Waals surface area contributed by atoms with Gasteiger partial charge < -0.3 is 15.4 Å². The summed E-state index contributed by atoms with van der Waals surface area (Å²) in [5.74, 6) is -2.22. The average molecular weight is 232 g/mol. The van der Waals surface area contributed by atoms with Crippen LogP contribution in [0.4, 0.5) is 5.82 Å². The van der Waals surface area contributed by atoms with Crippen molar-refractivity contribution in [3.05, 3.63) is 21.2 Å². The predicted molar refractivity (Wildman–Crippen MR) is 51.1 cm³/mol. The van der Waals surface area contributed by atoms with Crippen LogP contribution in [-0.4, -0.2) is 27.0 Å². The van der Waals surface area contributed by atoms with Crippen LogP contribution in [0.15, 0.2) is 4.79 Å². The molecular weight excluding hydrogens is 226 g/mol. The normalized spacial score (nSPS) is 9.73. The number of aromatic carboxylic acids is 1. The number of amides is 1. The molecule has 0 aliphatic carbocycles. The number of carbonyl (C=O) groups is 2. The van der Waals surface area contributed by atoms with Gasteiger partial charge in [0.25, 0.3) is 5.56 Å². The van der Waals surface area contributed by atoms with Crippen molar-refractivity contribution < 1.29 is 14.7 Å². The predicted octanol–water partition coefficient (Wildman–Crippen LogP) is 0.0799. The zero-order chi connectivity index (χ0) is 11.6. The van der Waals surface area contributed by atoms with Gasteiger partial charge >= 0.3 is 5.97 Å². The number of carboxylic acids is 1. The number of aromatic amines is 1. The van der Waals surface area contributed by atoms with E-state index in [1.54, 1.807) is 0 Å². The minimum Gasteiger partial charge on any atom is -0.476 e. The van der Waals surface area contributed by atoms with Crippen molar-refractivity contribution in [1.29, 1.82) is 0 Å². The number of halogens is 1. The summed E-state index contributed by atoms with van der Waals surface area (Å²) in [4.78, 5) is 37.8. The molecule has 0 radical (unpaired) electrons. The van der Waals surface area contributed by atoms with Crippen LogP contribution in [0.25, 0.3) is 0 Å². The Bertz CT molecular complexity index is 482. The van der Waals surface area contributed by atoms with Crippen LogP contribution >= 0.6 is 11.6 Å². The molecule has 0 unspecified atom stereocenters. The quantitative estimate of drug-likeness (QED) is 0.667. The number of nitrogens with zero attached hydrogens (tertiary/aromatic N) is 1. The highest BCUT2D eigenvalue weighted by atomic mass is 35.5. The molecule has 0 atom stereocenters. The van der Waals surface area contributed by atoms with E-state index < -0.39 is 28.3 Å². The number of H-pyrrole nitrogens is 1. The minimum atomic E-state index is -1.41. The van der Waals surface area contributed by atoms with Crippen LogP contribution in [0.1, 0.15) is 17.4 Å². The van der Waals surface area contributed by atoms with E-state index in [1.807, 2.05) is 0 Å². The maximum absolute atomic E-state index is 11.0. The van der Waals surface area contributed by atoms with E-state index in [-0.39, 0.29) is 5.82 Å². The van der Waals surface area contributed by atoms with Gasteiger partial charge in [0.1, 0.15) is 5.82 Å². The number of hydrogen-bond acceptors (Lipinski definition) is 4. The third-order valence-electron chi connectivity index (χ3n) is 1.38. The standard InChI is InChI=1S/C7H6ClN3O4/c1-2(12)9-5-3(7(14)15)10-4(8)6(13)11-5/h1H3,(H,14,15)(H2,9,11,12,13). The van der Waals surface area contributed by atoms with Gasteiger partial charge in [0, 0.05) is 6.92 Å². The number of anilines is 1. The molecule has 7 nitrogen and oxygen atoms in total. The molecule has 0 saturated heterocycles. The van der Waals surface area contributed by atoms with Crippen molar-refractivity contribution >= 4 is 29.3 Å². The van der Waals surface area contributed by atoms with Gasteiger partial charge in [-0.05, 0) is 0 Å². The molecule has 0 aliphatic rings. The molecule has 0 aliphatic heterocycles. The average Bonchev–Trinajstić information content (AvgIpc) is 2.09. The molecule has 8 heteroatoms. The first-order valence-corrected chi connectivity index (χ1v) is 4.10. The monoisotopic (exact) mass is 231 g/mol. The van der Waals surface area contributed by atoms with Crippen molar-refractivity contribution in [3.8, 4) is 0 Å². The van der Waals surface area contributed by atoms with E-state index in [4.69, 9.17) is 16.7 Å². The first-order chi connectivity index (χ1) is 6.91. The Balaban J connectivity index is 3.34. The second kappa shape index (κ2) is 4.09. The highest BCUT2D eigenvalue weighted by Crippen LogP contribution is 2.09. The molecule has 0 spiro atoms. The topological polar surface area (TPSA) is 112 Å². The number of rotatable bonds is 2. The lowest BCUT2D eigenvalue weighted by Crippen LogP contribution is -2.20. The number of aromatic nitrogens is 2. The maximum Gasteiger partial charge on any atom is 0.358 e. The third kappa shape index (κ3) is 2.53. The molecule has 0 saturated carbocycles. The Kier molecular flexibility index (Phi) is 3.05. The zero-order valence-electron chi connectivity index (χ0n) is 7.50. The molecule has 80 valence electrons. The smallest absolute Gasteiger partial charge is 0.358 e. The molecule has 3 N–H and O–H groups in total. The van der Waals surface area contributed by atoms with Crippen LogP contribution in [0.3, 0.4) is 0 Å². The molecule has 15 heavy (non-hydrogen) atoms. The Labute approximate surface area is 88.1 Å². The maximum atomic E-state index is 11.0. The Morgan fingerprint density at radius 3 is 2.60 bits per heavy atom. The highest BCUT2D eigenvalue weighted by molar-refractivity contribution is 6.29. The lowest BCUT2D eigenvalue weighted by atomic mass is 10.4. The fourth-order valence-corrected chi connectivity index (χ4v) is 0.982. The van der Waals surface area contributed by atoms with Gasteiger partial charge in [-0.25, -0.2) is 9.78 Å². The van der Waals surface area contributed by atoms with Gasteiger partial charge in [-0.15, -0.1) is 0 Å². The third-order valence-corrected chi connectivity index (χ3v) is 1.63. The van der Waals surface area contributed by atoms with Crippen LogP contribution in [0.5, 0.6) is 0 Å². The Morgan fingerprint density at radius 1 is 1.53 bits per heavy atom. The van der Waals surface area contributed by atoms with Gasteiger partial charge in [-0.2, -0.15) is 0 Å². The van der Waals surface area contributed by atoms with Crippen molar-refractivity contribution in [2.75, 3.05) is 5.32 Å². The van der Waals surface area contributed by atoms with Crippen LogP contribution in [-0.2, 0) is 4.79 Å². The summed E-state index contributed by atoms with van der Waals surface area (Å²) < 4.78 is 0. The van der Waals surface area contributed by atoms with Gasteiger partial charge in [-0.3, -0.25) is 9.59 Å². The van der Waals surface area contributed by atoms with Crippen molar-refractivity contribution in [2.45, 2.75) is 6.92 Å². The second-order valence-corrected chi connectivity index (χ2v) is 2.92. The summed E-state index contributed by atoms with van der Waals surface area (Å²) in [7, 11) is 0. The molecule has 0 bridgehead atoms. The minimum absolute atomic E-state index is 0.288. The van der Waals surface area contributed by atoms with Crippen LogP contribution in [0.2, 0.25) is 5.15 Å². The van der Waals surface area contributed by atoms with E-state index in [9.17, 15) is 14.4 Å². The van der Waals surface area contributed by atoms with E-state index in [0.717, 1.165) is 0 Å². The Hall–Kier alpha value is -1.89. The van der Waals surface area contributed by atoms with Crippen LogP contribution in [0, 0.1) is 0 Å². The van der Waals surface area contributed by atoms with Gasteiger partial charge in [0.15, 0.2) is 10.8 Å². The summed E-state index contributed by atoms with van der Waals surface area (Å²) in [5.41, 5.74) is -1.29. The number of carbonyl (C=O) groups excluding carboxylic acids is 1. The van der Waals surface area contributed by atoms with E-state index in [1.165, 1.54) is 6.92 Å². The zero-order valence-corrected chi connectivity index (χ0v) is 8.25. The summed E-state index contributed by atoms with van der Waals surface area (Å²) >= 11 is 5.34. The summed E-state index contributed by atoms with van der Waals surface area (Å²) in [6.07, 6.45) is 0. The number of carboxylic acid groups (broad SMARTS) is 1. The molecule has 0 aromatic carbocycles. The summed E-state index contributed by atoms with van der Waals surface area (Å²) in [5, 5.41) is 10.3. The lowest BCUT2D eigenvalue weighted by molar-refractivity contribution is -0.114. The number of hydrogen-bond donors (Lipinski definition) is 3. The lowest BCUT2D eigenvalue weighted by Gasteiger charge is -2.04. The first kappa shape index (κ1) is 11.2. The molecule has 1 heterocycles. The van der Waals surface area contributed by atoms with Gasteiger partial charge in [0.05, 0.1) is 0 Å². The second-order valence-electron chi connectivity index (χ2n) is 2.57. The molecule has 1 amide bonds. The van der Waals surface area contributed by atoms with Crippen molar-refractivity contribution in [1.82, 2.24) is 9.97 Å². The SMILES string of the molecule is CC(=O)Nc1[nH]c(=O)c(Cl)nc1C(=O)O. The molecule has 1 aromatic rings. The van der Waals surface area contributed by atoms with E-state index >= 15 is 0 Å². The molecule has 0 fully saturated rings. The largest absolute Gasteiger partial charge is 0.476 e. The summed E-state index contributed by atoms with van der Waals surface area (Å²) in [6, 6.07) is 0. The van der Waals surface area contributed by atoms with Crippen molar-refractivity contribution in [2.24, 2.45) is 0 Å². The van der Waals surface area contributed by atoms with Gasteiger partial charge in [-0.1, -0.05) is 11.6 Å². The Morgan fingerprint density at radius 2 is 2.13 bits per heavy atom. The van der Waals surface area contributed by atoms with E-state index in [2.05, 4.69) is 15.3 Å². The fourth-order valence-electron chi connectivity index (χ4n) is 0.850. The summed E-state index contributed by atoms with van der Waals surface area (Å²) in [6.45, 7) is 1.17. The highest BCUT2D eigenvalue weighted by Gasteiger charge is 2.16. The molecule has 1 aromatic heterocycles.